The summed E-state index contributed by atoms with van der Waals surface area (Å²) < 4.78 is -0.314. The van der Waals surface area contributed by atoms with Gasteiger partial charge < -0.3 is 5.32 Å². The molecule has 1 unspecified atom stereocenters. The molecular weight excluding hydrogens is 256 g/mol. The van der Waals surface area contributed by atoms with Gasteiger partial charge in [-0.05, 0) is 57.1 Å². The minimum absolute atomic E-state index is 0.0755. The third-order valence-corrected chi connectivity index (χ3v) is 6.32. The highest BCUT2D eigenvalue weighted by atomic mass is 32.2. The molecule has 2 rings (SSSR count). The van der Waals surface area contributed by atoms with E-state index in [1.165, 1.54) is 6.42 Å². The SMILES string of the molecule is CCC1CCC(C#N)(NC(=O)C2(C)CCCS2)CC1. The van der Waals surface area contributed by atoms with Crippen molar-refractivity contribution in [2.75, 3.05) is 5.75 Å². The fraction of sp³-hybridized carbons (Fsp3) is 0.867. The number of carbonyl (C=O) groups excluding carboxylic acids is 1. The number of thioether (sulfide) groups is 1. The molecule has 1 aliphatic heterocycles. The summed E-state index contributed by atoms with van der Waals surface area (Å²) >= 11 is 1.73. The maximum Gasteiger partial charge on any atom is 0.237 e. The Bertz CT molecular complexity index is 374. The average molecular weight is 280 g/mol. The van der Waals surface area contributed by atoms with Gasteiger partial charge in [-0.3, -0.25) is 4.79 Å². The van der Waals surface area contributed by atoms with Gasteiger partial charge >= 0.3 is 0 Å². The first-order valence-electron chi connectivity index (χ1n) is 7.41. The standard InChI is InChI=1S/C15H24N2OS/c1-3-12-5-8-15(11-16,9-6-12)17-13(18)14(2)7-4-10-19-14/h12H,3-10H2,1-2H3,(H,17,18). The van der Waals surface area contributed by atoms with Crippen LogP contribution in [-0.2, 0) is 4.79 Å². The zero-order valence-electron chi connectivity index (χ0n) is 12.0. The zero-order valence-corrected chi connectivity index (χ0v) is 12.8. The second-order valence-electron chi connectivity index (χ2n) is 6.18. The van der Waals surface area contributed by atoms with Crippen molar-refractivity contribution in [2.45, 2.75) is 69.1 Å². The summed E-state index contributed by atoms with van der Waals surface area (Å²) in [4.78, 5) is 12.5. The van der Waals surface area contributed by atoms with Gasteiger partial charge in [0.2, 0.25) is 5.91 Å². The van der Waals surface area contributed by atoms with Gasteiger partial charge in [-0.15, -0.1) is 11.8 Å². The topological polar surface area (TPSA) is 52.9 Å². The summed E-state index contributed by atoms with van der Waals surface area (Å²) in [5.41, 5.74) is -0.602. The van der Waals surface area contributed by atoms with Crippen molar-refractivity contribution >= 4 is 17.7 Å². The fourth-order valence-corrected chi connectivity index (χ4v) is 4.36. The lowest BCUT2D eigenvalue weighted by Crippen LogP contribution is -2.54. The van der Waals surface area contributed by atoms with Crippen molar-refractivity contribution in [1.82, 2.24) is 5.32 Å². The van der Waals surface area contributed by atoms with E-state index in [9.17, 15) is 10.1 Å². The van der Waals surface area contributed by atoms with Gasteiger partial charge in [-0.25, -0.2) is 0 Å². The molecule has 19 heavy (non-hydrogen) atoms. The Balaban J connectivity index is 2.00. The Labute approximate surface area is 120 Å². The molecule has 2 aliphatic rings. The number of hydrogen-bond acceptors (Lipinski definition) is 3. The molecule has 1 saturated heterocycles. The third kappa shape index (κ3) is 3.08. The first-order valence-corrected chi connectivity index (χ1v) is 8.40. The molecule has 0 aromatic heterocycles. The van der Waals surface area contributed by atoms with Crippen LogP contribution in [0.15, 0.2) is 0 Å². The van der Waals surface area contributed by atoms with E-state index in [0.717, 1.165) is 50.2 Å². The zero-order chi connectivity index (χ0) is 13.9. The Kier molecular flexibility index (Phi) is 4.45. The highest BCUT2D eigenvalue weighted by Gasteiger charge is 2.43. The molecule has 0 radical (unpaired) electrons. The molecule has 1 saturated carbocycles. The van der Waals surface area contributed by atoms with Crippen LogP contribution in [-0.4, -0.2) is 21.9 Å². The molecule has 0 aromatic carbocycles. The Morgan fingerprint density at radius 1 is 1.42 bits per heavy atom. The minimum Gasteiger partial charge on any atom is -0.337 e. The lowest BCUT2D eigenvalue weighted by atomic mass is 9.76. The summed E-state index contributed by atoms with van der Waals surface area (Å²) in [5.74, 6) is 1.86. The van der Waals surface area contributed by atoms with Crippen LogP contribution >= 0.6 is 11.8 Å². The summed E-state index contributed by atoms with van der Waals surface area (Å²) in [6, 6.07) is 2.39. The molecule has 0 aromatic rings. The van der Waals surface area contributed by atoms with Crippen molar-refractivity contribution in [1.29, 1.82) is 5.26 Å². The highest BCUT2D eigenvalue weighted by molar-refractivity contribution is 8.01. The maximum atomic E-state index is 12.5. The van der Waals surface area contributed by atoms with E-state index in [1.54, 1.807) is 11.8 Å². The Hall–Kier alpha value is -0.690. The van der Waals surface area contributed by atoms with Gasteiger partial charge in [0.25, 0.3) is 0 Å². The molecule has 0 bridgehead atoms. The van der Waals surface area contributed by atoms with Crippen LogP contribution in [0.3, 0.4) is 0 Å². The summed E-state index contributed by atoms with van der Waals surface area (Å²) in [5, 5.41) is 12.6. The van der Waals surface area contributed by atoms with Crippen molar-refractivity contribution < 1.29 is 4.79 Å². The normalized spacial score (nSPS) is 38.7. The average Bonchev–Trinajstić information content (AvgIpc) is 2.88. The summed E-state index contributed by atoms with van der Waals surface area (Å²) in [6.07, 6.45) is 6.98. The molecule has 1 atom stereocenters. The van der Waals surface area contributed by atoms with Gasteiger partial charge in [-0.1, -0.05) is 13.3 Å². The van der Waals surface area contributed by atoms with Crippen LogP contribution in [0.4, 0.5) is 0 Å². The number of amides is 1. The molecule has 1 heterocycles. The van der Waals surface area contributed by atoms with E-state index in [4.69, 9.17) is 0 Å². The van der Waals surface area contributed by atoms with Gasteiger partial charge in [0.1, 0.15) is 5.54 Å². The van der Waals surface area contributed by atoms with Crippen molar-refractivity contribution in [3.05, 3.63) is 0 Å². The predicted molar refractivity (Wildman–Crippen MR) is 78.8 cm³/mol. The van der Waals surface area contributed by atoms with Gasteiger partial charge in [0, 0.05) is 0 Å². The van der Waals surface area contributed by atoms with Crippen LogP contribution in [0.1, 0.15) is 58.8 Å². The van der Waals surface area contributed by atoms with E-state index in [-0.39, 0.29) is 10.7 Å². The molecule has 1 aliphatic carbocycles. The third-order valence-electron chi connectivity index (χ3n) is 4.80. The smallest absolute Gasteiger partial charge is 0.237 e. The molecule has 2 fully saturated rings. The van der Waals surface area contributed by atoms with E-state index < -0.39 is 5.54 Å². The van der Waals surface area contributed by atoms with Crippen molar-refractivity contribution in [3.63, 3.8) is 0 Å². The number of carbonyl (C=O) groups is 1. The number of rotatable bonds is 3. The largest absolute Gasteiger partial charge is 0.337 e. The van der Waals surface area contributed by atoms with Crippen molar-refractivity contribution in [2.24, 2.45) is 5.92 Å². The molecule has 1 amide bonds. The number of nitriles is 1. The molecule has 1 N–H and O–H groups in total. The first kappa shape index (κ1) is 14.7. The maximum absolute atomic E-state index is 12.5. The molecule has 3 nitrogen and oxygen atoms in total. The Morgan fingerprint density at radius 2 is 2.11 bits per heavy atom. The van der Waals surface area contributed by atoms with Crippen molar-refractivity contribution in [3.8, 4) is 6.07 Å². The molecular formula is C15H24N2OS. The highest BCUT2D eigenvalue weighted by Crippen LogP contribution is 2.40. The van der Waals surface area contributed by atoms with Gasteiger partial charge in [0.05, 0.1) is 10.8 Å². The van der Waals surface area contributed by atoms with E-state index >= 15 is 0 Å². The lowest BCUT2D eigenvalue weighted by molar-refractivity contribution is -0.124. The van der Waals surface area contributed by atoms with Crippen LogP contribution < -0.4 is 5.32 Å². The van der Waals surface area contributed by atoms with E-state index in [2.05, 4.69) is 18.3 Å². The van der Waals surface area contributed by atoms with Crippen LogP contribution in [0.25, 0.3) is 0 Å². The number of nitrogens with one attached hydrogen (secondary N) is 1. The van der Waals surface area contributed by atoms with Gasteiger partial charge in [-0.2, -0.15) is 5.26 Å². The predicted octanol–water partition coefficient (Wildman–Crippen LogP) is 3.25. The lowest BCUT2D eigenvalue weighted by Gasteiger charge is -2.37. The quantitative estimate of drug-likeness (QED) is 0.863. The molecule has 4 heteroatoms. The fourth-order valence-electron chi connectivity index (χ4n) is 3.15. The Morgan fingerprint density at radius 3 is 2.58 bits per heavy atom. The van der Waals surface area contributed by atoms with Gasteiger partial charge in [0.15, 0.2) is 0 Å². The second kappa shape index (κ2) is 5.75. The molecule has 106 valence electrons. The second-order valence-corrected chi connectivity index (χ2v) is 7.78. The van der Waals surface area contributed by atoms with E-state index in [0.29, 0.717) is 0 Å². The summed E-state index contributed by atoms with van der Waals surface area (Å²) in [7, 11) is 0. The summed E-state index contributed by atoms with van der Waals surface area (Å²) in [6.45, 7) is 4.22. The minimum atomic E-state index is -0.602. The van der Waals surface area contributed by atoms with Crippen LogP contribution in [0, 0.1) is 17.2 Å². The van der Waals surface area contributed by atoms with Crippen LogP contribution in [0.2, 0.25) is 0 Å². The number of nitrogens with zero attached hydrogens (tertiary/aromatic N) is 1. The first-order chi connectivity index (χ1) is 9.03. The monoisotopic (exact) mass is 280 g/mol. The van der Waals surface area contributed by atoms with E-state index in [1.807, 2.05) is 6.92 Å². The number of hydrogen-bond donors (Lipinski definition) is 1. The molecule has 0 spiro atoms. The van der Waals surface area contributed by atoms with Crippen LogP contribution in [0.5, 0.6) is 0 Å².